The first-order valence-electron chi connectivity index (χ1n) is 7.70. The maximum atomic E-state index is 9.62. The van der Waals surface area contributed by atoms with E-state index in [-0.39, 0.29) is 12.1 Å². The summed E-state index contributed by atoms with van der Waals surface area (Å²) >= 11 is 0. The molecular formula is C15H34N2O. The average molecular weight is 258 g/mol. The van der Waals surface area contributed by atoms with Gasteiger partial charge in [0.05, 0.1) is 12.1 Å². The molecule has 0 aliphatic rings. The number of aliphatic hydroxyl groups is 1. The van der Waals surface area contributed by atoms with Crippen LogP contribution >= 0.6 is 0 Å². The topological polar surface area (TPSA) is 35.5 Å². The van der Waals surface area contributed by atoms with E-state index in [1.54, 1.807) is 0 Å². The Morgan fingerprint density at radius 2 is 1.56 bits per heavy atom. The summed E-state index contributed by atoms with van der Waals surface area (Å²) in [5, 5.41) is 13.1. The van der Waals surface area contributed by atoms with Gasteiger partial charge in [-0.1, -0.05) is 33.6 Å². The lowest BCUT2D eigenvalue weighted by Crippen LogP contribution is -2.54. The average Bonchev–Trinajstić information content (AvgIpc) is 2.39. The third-order valence-corrected chi connectivity index (χ3v) is 3.38. The van der Waals surface area contributed by atoms with Crippen molar-refractivity contribution in [1.29, 1.82) is 0 Å². The minimum Gasteiger partial charge on any atom is -0.394 e. The van der Waals surface area contributed by atoms with Crippen LogP contribution < -0.4 is 5.32 Å². The zero-order valence-corrected chi connectivity index (χ0v) is 13.0. The van der Waals surface area contributed by atoms with Crippen LogP contribution in [0.25, 0.3) is 0 Å². The number of nitrogens with one attached hydrogen (secondary N) is 1. The second kappa shape index (κ2) is 10.8. The molecule has 0 aliphatic heterocycles. The zero-order chi connectivity index (χ0) is 13.9. The lowest BCUT2D eigenvalue weighted by Gasteiger charge is -2.35. The van der Waals surface area contributed by atoms with Gasteiger partial charge in [-0.3, -0.25) is 0 Å². The third kappa shape index (κ3) is 8.06. The van der Waals surface area contributed by atoms with Crippen LogP contribution in [0, 0.1) is 0 Å². The SMILES string of the molecule is CCCCN(CCCC)CC(C)(CO)NCCC. The highest BCUT2D eigenvalue weighted by Crippen LogP contribution is 2.09. The molecule has 0 spiro atoms. The highest BCUT2D eigenvalue weighted by atomic mass is 16.3. The molecule has 0 aromatic rings. The van der Waals surface area contributed by atoms with Crippen molar-refractivity contribution < 1.29 is 5.11 Å². The molecule has 0 aromatic heterocycles. The van der Waals surface area contributed by atoms with Crippen molar-refractivity contribution in [2.24, 2.45) is 0 Å². The van der Waals surface area contributed by atoms with Crippen LogP contribution in [0.4, 0.5) is 0 Å². The number of hydrogen-bond acceptors (Lipinski definition) is 3. The van der Waals surface area contributed by atoms with Crippen molar-refractivity contribution in [2.75, 3.05) is 32.8 Å². The van der Waals surface area contributed by atoms with E-state index < -0.39 is 0 Å². The second-order valence-corrected chi connectivity index (χ2v) is 5.63. The minimum absolute atomic E-state index is 0.155. The molecule has 0 saturated heterocycles. The number of rotatable bonds is 12. The molecule has 3 heteroatoms. The maximum Gasteiger partial charge on any atom is 0.0623 e. The van der Waals surface area contributed by atoms with E-state index in [4.69, 9.17) is 0 Å². The predicted molar refractivity (Wildman–Crippen MR) is 80.0 cm³/mol. The van der Waals surface area contributed by atoms with Gasteiger partial charge in [0.25, 0.3) is 0 Å². The summed E-state index contributed by atoms with van der Waals surface area (Å²) in [5.74, 6) is 0. The molecule has 1 atom stereocenters. The summed E-state index contributed by atoms with van der Waals surface area (Å²) in [6, 6.07) is 0. The number of unbranched alkanes of at least 4 members (excludes halogenated alkanes) is 2. The van der Waals surface area contributed by atoms with Gasteiger partial charge in [0, 0.05) is 6.54 Å². The number of aliphatic hydroxyl groups excluding tert-OH is 1. The van der Waals surface area contributed by atoms with Gasteiger partial charge in [0.2, 0.25) is 0 Å². The summed E-state index contributed by atoms with van der Waals surface area (Å²) in [6.07, 6.45) is 6.08. The molecule has 0 aromatic carbocycles. The van der Waals surface area contributed by atoms with Gasteiger partial charge in [0.15, 0.2) is 0 Å². The molecule has 0 amide bonds. The van der Waals surface area contributed by atoms with Gasteiger partial charge >= 0.3 is 0 Å². The van der Waals surface area contributed by atoms with Crippen molar-refractivity contribution in [3.8, 4) is 0 Å². The fraction of sp³-hybridized carbons (Fsp3) is 1.00. The zero-order valence-electron chi connectivity index (χ0n) is 13.0. The largest absolute Gasteiger partial charge is 0.394 e. The highest BCUT2D eigenvalue weighted by molar-refractivity contribution is 4.86. The van der Waals surface area contributed by atoms with Crippen molar-refractivity contribution in [3.05, 3.63) is 0 Å². The van der Waals surface area contributed by atoms with E-state index >= 15 is 0 Å². The fourth-order valence-corrected chi connectivity index (χ4v) is 2.12. The Balaban J connectivity index is 4.29. The van der Waals surface area contributed by atoms with E-state index in [9.17, 15) is 5.11 Å². The van der Waals surface area contributed by atoms with E-state index in [1.807, 2.05) is 0 Å². The lowest BCUT2D eigenvalue weighted by molar-refractivity contribution is 0.118. The molecule has 0 heterocycles. The molecule has 0 fully saturated rings. The Morgan fingerprint density at radius 3 is 1.94 bits per heavy atom. The van der Waals surface area contributed by atoms with Crippen LogP contribution in [0.5, 0.6) is 0 Å². The van der Waals surface area contributed by atoms with E-state index in [1.165, 1.54) is 25.7 Å². The second-order valence-electron chi connectivity index (χ2n) is 5.63. The molecule has 110 valence electrons. The Kier molecular flexibility index (Phi) is 10.7. The van der Waals surface area contributed by atoms with Crippen LogP contribution in [0.1, 0.15) is 59.8 Å². The molecule has 0 bridgehead atoms. The molecule has 1 unspecified atom stereocenters. The van der Waals surface area contributed by atoms with E-state index in [2.05, 4.69) is 37.9 Å². The predicted octanol–water partition coefficient (Wildman–Crippen LogP) is 2.64. The summed E-state index contributed by atoms with van der Waals surface area (Å²) in [4.78, 5) is 2.51. The third-order valence-electron chi connectivity index (χ3n) is 3.38. The normalized spacial score (nSPS) is 15.0. The first-order chi connectivity index (χ1) is 8.61. The van der Waals surface area contributed by atoms with E-state index in [0.29, 0.717) is 0 Å². The monoisotopic (exact) mass is 258 g/mol. The number of hydrogen-bond donors (Lipinski definition) is 2. The van der Waals surface area contributed by atoms with Gasteiger partial charge in [-0.05, 0) is 45.8 Å². The molecule has 3 nitrogen and oxygen atoms in total. The van der Waals surface area contributed by atoms with Crippen LogP contribution in [0.3, 0.4) is 0 Å². The summed E-state index contributed by atoms with van der Waals surface area (Å²) in [5.41, 5.74) is -0.155. The summed E-state index contributed by atoms with van der Waals surface area (Å²) in [7, 11) is 0. The Labute approximate surface area is 114 Å². The number of nitrogens with zero attached hydrogens (tertiary/aromatic N) is 1. The fourth-order valence-electron chi connectivity index (χ4n) is 2.12. The summed E-state index contributed by atoms with van der Waals surface area (Å²) in [6.45, 7) is 13.2. The summed E-state index contributed by atoms with van der Waals surface area (Å²) < 4.78 is 0. The quantitative estimate of drug-likeness (QED) is 0.565. The Morgan fingerprint density at radius 1 is 1.00 bits per heavy atom. The first kappa shape index (κ1) is 17.9. The smallest absolute Gasteiger partial charge is 0.0623 e. The van der Waals surface area contributed by atoms with Gasteiger partial charge < -0.3 is 15.3 Å². The highest BCUT2D eigenvalue weighted by Gasteiger charge is 2.25. The van der Waals surface area contributed by atoms with Crippen molar-refractivity contribution >= 4 is 0 Å². The first-order valence-corrected chi connectivity index (χ1v) is 7.70. The van der Waals surface area contributed by atoms with Crippen LogP contribution in [-0.2, 0) is 0 Å². The standard InChI is InChI=1S/C15H34N2O/c1-5-8-11-17(12-9-6-2)13-15(4,14-18)16-10-7-3/h16,18H,5-14H2,1-4H3. The molecule has 0 aliphatic carbocycles. The van der Waals surface area contributed by atoms with Gasteiger partial charge in [0.1, 0.15) is 0 Å². The van der Waals surface area contributed by atoms with Gasteiger partial charge in [-0.25, -0.2) is 0 Å². The molecule has 0 saturated carbocycles. The van der Waals surface area contributed by atoms with Crippen molar-refractivity contribution in [3.63, 3.8) is 0 Å². The van der Waals surface area contributed by atoms with Gasteiger partial charge in [-0.2, -0.15) is 0 Å². The van der Waals surface area contributed by atoms with Crippen molar-refractivity contribution in [2.45, 2.75) is 65.3 Å². The van der Waals surface area contributed by atoms with Crippen LogP contribution in [0.15, 0.2) is 0 Å². The van der Waals surface area contributed by atoms with Crippen LogP contribution in [-0.4, -0.2) is 48.3 Å². The molecule has 2 N–H and O–H groups in total. The molecule has 0 rings (SSSR count). The lowest BCUT2D eigenvalue weighted by atomic mass is 10.0. The molecule has 18 heavy (non-hydrogen) atoms. The van der Waals surface area contributed by atoms with Crippen molar-refractivity contribution in [1.82, 2.24) is 10.2 Å². The molecule has 0 radical (unpaired) electrons. The Bertz CT molecular complexity index is 179. The maximum absolute atomic E-state index is 9.62. The minimum atomic E-state index is -0.155. The van der Waals surface area contributed by atoms with E-state index in [0.717, 1.165) is 32.6 Å². The Hall–Kier alpha value is -0.120. The molecular weight excluding hydrogens is 224 g/mol. The van der Waals surface area contributed by atoms with Crippen LogP contribution in [0.2, 0.25) is 0 Å². The van der Waals surface area contributed by atoms with Gasteiger partial charge in [-0.15, -0.1) is 0 Å².